The minimum atomic E-state index is -0.0570. The molecule has 5 heteroatoms. The molecule has 5 nitrogen and oxygen atoms in total. The van der Waals surface area contributed by atoms with Crippen molar-refractivity contribution < 1.29 is 9.32 Å². The maximum Gasteiger partial charge on any atom is 0.318 e. The summed E-state index contributed by atoms with van der Waals surface area (Å²) in [5.74, 6) is 0.647. The second kappa shape index (κ2) is 7.89. The molecule has 0 saturated carbocycles. The third kappa shape index (κ3) is 3.79. The van der Waals surface area contributed by atoms with Crippen molar-refractivity contribution in [3.63, 3.8) is 0 Å². The molecule has 2 amide bonds. The Bertz CT molecular complexity index is 965. The normalized spacial score (nSPS) is 16.4. The number of urea groups is 1. The van der Waals surface area contributed by atoms with Crippen LogP contribution in [-0.2, 0) is 6.54 Å². The zero-order valence-electron chi connectivity index (χ0n) is 16.3. The molecule has 0 aliphatic carbocycles. The number of hydrogen-bond acceptors (Lipinski definition) is 3. The van der Waals surface area contributed by atoms with Crippen molar-refractivity contribution in [3.8, 4) is 11.3 Å². The van der Waals surface area contributed by atoms with Crippen LogP contribution < -0.4 is 5.32 Å². The Hall–Kier alpha value is -3.08. The number of hydrogen-bond donors (Lipinski definition) is 1. The van der Waals surface area contributed by atoms with Gasteiger partial charge in [0.2, 0.25) is 0 Å². The van der Waals surface area contributed by atoms with Gasteiger partial charge in [-0.1, -0.05) is 53.7 Å². The monoisotopic (exact) mass is 375 g/mol. The summed E-state index contributed by atoms with van der Waals surface area (Å²) in [6.45, 7) is 5.33. The molecule has 0 bridgehead atoms. The predicted molar refractivity (Wildman–Crippen MR) is 109 cm³/mol. The van der Waals surface area contributed by atoms with Gasteiger partial charge in [0.25, 0.3) is 0 Å². The molecule has 4 rings (SSSR count). The number of aromatic nitrogens is 1. The fraction of sp³-hybridized carbons (Fsp3) is 0.304. The quantitative estimate of drug-likeness (QED) is 0.698. The summed E-state index contributed by atoms with van der Waals surface area (Å²) in [6.07, 6.45) is 2.02. The molecule has 0 radical (unpaired) electrons. The molecule has 3 aromatic rings. The topological polar surface area (TPSA) is 58.4 Å². The van der Waals surface area contributed by atoms with Gasteiger partial charge >= 0.3 is 6.03 Å². The lowest BCUT2D eigenvalue weighted by Gasteiger charge is -2.25. The molecule has 1 saturated heterocycles. The number of amides is 2. The Kier molecular flexibility index (Phi) is 5.15. The van der Waals surface area contributed by atoms with E-state index in [1.807, 2.05) is 41.3 Å². The van der Waals surface area contributed by atoms with Crippen molar-refractivity contribution in [2.75, 3.05) is 6.54 Å². The average Bonchev–Trinajstić information content (AvgIpc) is 3.39. The largest absolute Gasteiger partial charge is 0.359 e. The van der Waals surface area contributed by atoms with Gasteiger partial charge in [-0.25, -0.2) is 4.79 Å². The number of carbonyl (C=O) groups excluding carboxylic acids is 1. The van der Waals surface area contributed by atoms with E-state index in [4.69, 9.17) is 4.52 Å². The molecular formula is C23H25N3O2. The van der Waals surface area contributed by atoms with Crippen molar-refractivity contribution >= 4 is 6.03 Å². The second-order valence-corrected chi connectivity index (χ2v) is 7.40. The van der Waals surface area contributed by atoms with Crippen LogP contribution in [0, 0.1) is 13.8 Å². The summed E-state index contributed by atoms with van der Waals surface area (Å²) in [5, 5.41) is 7.09. The van der Waals surface area contributed by atoms with E-state index >= 15 is 0 Å². The number of nitrogens with one attached hydrogen (secondary N) is 1. The molecular weight excluding hydrogens is 350 g/mol. The van der Waals surface area contributed by atoms with Gasteiger partial charge in [-0.15, -0.1) is 0 Å². The van der Waals surface area contributed by atoms with Gasteiger partial charge in [0, 0.05) is 18.2 Å². The van der Waals surface area contributed by atoms with Crippen LogP contribution in [-0.4, -0.2) is 22.6 Å². The molecule has 1 fully saturated rings. The van der Waals surface area contributed by atoms with Crippen molar-refractivity contribution in [2.45, 2.75) is 39.3 Å². The Labute approximate surface area is 165 Å². The maximum atomic E-state index is 12.8. The van der Waals surface area contributed by atoms with Gasteiger partial charge in [0.15, 0.2) is 5.76 Å². The van der Waals surface area contributed by atoms with E-state index in [9.17, 15) is 4.79 Å². The first kappa shape index (κ1) is 18.3. The fourth-order valence-corrected chi connectivity index (χ4v) is 3.73. The molecule has 1 atom stereocenters. The van der Waals surface area contributed by atoms with E-state index in [-0.39, 0.29) is 12.1 Å². The zero-order chi connectivity index (χ0) is 19.5. The van der Waals surface area contributed by atoms with Gasteiger partial charge in [0.05, 0.1) is 12.6 Å². The van der Waals surface area contributed by atoms with Crippen LogP contribution >= 0.6 is 0 Å². The summed E-state index contributed by atoms with van der Waals surface area (Å²) in [5.41, 5.74) is 5.52. The fourth-order valence-electron chi connectivity index (χ4n) is 3.73. The van der Waals surface area contributed by atoms with E-state index in [0.717, 1.165) is 30.6 Å². The highest BCUT2D eigenvalue weighted by atomic mass is 16.5. The minimum absolute atomic E-state index is 0.0570. The number of likely N-dealkylation sites (tertiary alicyclic amines) is 1. The zero-order valence-corrected chi connectivity index (χ0v) is 16.3. The standard InChI is InChI=1S/C23H25N3O2/c1-16-10-11-19(13-17(16)2)22-9-6-12-26(22)23(27)24-15-20-14-21(25-28-20)18-7-4-3-5-8-18/h3-5,7-8,10-11,13-14,22H,6,9,12,15H2,1-2H3,(H,24,27). The van der Waals surface area contributed by atoms with E-state index < -0.39 is 0 Å². The minimum Gasteiger partial charge on any atom is -0.359 e. The van der Waals surface area contributed by atoms with Crippen molar-refractivity contribution in [3.05, 3.63) is 77.0 Å². The van der Waals surface area contributed by atoms with Crippen LogP contribution in [0.25, 0.3) is 11.3 Å². The Morgan fingerprint density at radius 2 is 1.96 bits per heavy atom. The molecule has 1 N–H and O–H groups in total. The lowest BCUT2D eigenvalue weighted by Crippen LogP contribution is -2.39. The van der Waals surface area contributed by atoms with Gasteiger partial charge in [-0.3, -0.25) is 0 Å². The van der Waals surface area contributed by atoms with Gasteiger partial charge < -0.3 is 14.7 Å². The van der Waals surface area contributed by atoms with Crippen molar-refractivity contribution in [2.24, 2.45) is 0 Å². The van der Waals surface area contributed by atoms with Crippen LogP contribution in [0.5, 0.6) is 0 Å². The second-order valence-electron chi connectivity index (χ2n) is 7.40. The average molecular weight is 375 g/mol. The Balaban J connectivity index is 1.40. The highest BCUT2D eigenvalue weighted by Crippen LogP contribution is 2.32. The van der Waals surface area contributed by atoms with Crippen LogP contribution in [0.3, 0.4) is 0 Å². The van der Waals surface area contributed by atoms with Crippen molar-refractivity contribution in [1.29, 1.82) is 0 Å². The molecule has 0 spiro atoms. The predicted octanol–water partition coefficient (Wildman–Crippen LogP) is 5.01. The summed E-state index contributed by atoms with van der Waals surface area (Å²) in [7, 11) is 0. The number of carbonyl (C=O) groups is 1. The third-order valence-corrected chi connectivity index (χ3v) is 5.47. The molecule has 144 valence electrons. The van der Waals surface area contributed by atoms with Gasteiger partial charge in [-0.05, 0) is 43.4 Å². The molecule has 1 aliphatic heterocycles. The van der Waals surface area contributed by atoms with E-state index in [1.54, 1.807) is 0 Å². The number of nitrogens with zero attached hydrogens (tertiary/aromatic N) is 2. The van der Waals surface area contributed by atoms with Crippen LogP contribution in [0.1, 0.15) is 41.3 Å². The Morgan fingerprint density at radius 1 is 1.14 bits per heavy atom. The summed E-state index contributed by atoms with van der Waals surface area (Å²) >= 11 is 0. The highest BCUT2D eigenvalue weighted by Gasteiger charge is 2.30. The first-order valence-electron chi connectivity index (χ1n) is 9.74. The first-order chi connectivity index (χ1) is 13.6. The summed E-state index contributed by atoms with van der Waals surface area (Å²) in [4.78, 5) is 14.7. The number of aryl methyl sites for hydroxylation is 2. The molecule has 1 unspecified atom stereocenters. The van der Waals surface area contributed by atoms with Crippen LogP contribution in [0.4, 0.5) is 4.79 Å². The SMILES string of the molecule is Cc1ccc(C2CCCN2C(=O)NCc2cc(-c3ccccc3)no2)cc1C. The summed E-state index contributed by atoms with van der Waals surface area (Å²) < 4.78 is 5.39. The van der Waals surface area contributed by atoms with Gasteiger partial charge in [0.1, 0.15) is 5.69 Å². The van der Waals surface area contributed by atoms with Gasteiger partial charge in [-0.2, -0.15) is 0 Å². The number of rotatable bonds is 4. The maximum absolute atomic E-state index is 12.8. The first-order valence-corrected chi connectivity index (χ1v) is 9.74. The molecule has 2 aromatic carbocycles. The highest BCUT2D eigenvalue weighted by molar-refractivity contribution is 5.75. The lowest BCUT2D eigenvalue weighted by atomic mass is 9.99. The number of benzene rings is 2. The van der Waals surface area contributed by atoms with E-state index in [2.05, 4.69) is 42.5 Å². The van der Waals surface area contributed by atoms with Crippen LogP contribution in [0.15, 0.2) is 59.1 Å². The van der Waals surface area contributed by atoms with Crippen molar-refractivity contribution in [1.82, 2.24) is 15.4 Å². The van der Waals surface area contributed by atoms with E-state index in [1.165, 1.54) is 16.7 Å². The van der Waals surface area contributed by atoms with E-state index in [0.29, 0.717) is 12.3 Å². The lowest BCUT2D eigenvalue weighted by molar-refractivity contribution is 0.191. The molecule has 2 heterocycles. The molecule has 28 heavy (non-hydrogen) atoms. The molecule has 1 aromatic heterocycles. The molecule has 1 aliphatic rings. The third-order valence-electron chi connectivity index (χ3n) is 5.47. The smallest absolute Gasteiger partial charge is 0.318 e. The van der Waals surface area contributed by atoms with Crippen LogP contribution in [0.2, 0.25) is 0 Å². The summed E-state index contributed by atoms with van der Waals surface area (Å²) in [6, 6.07) is 18.3. The Morgan fingerprint density at radius 3 is 2.75 bits per heavy atom.